The summed E-state index contributed by atoms with van der Waals surface area (Å²) in [5.41, 5.74) is -0.739. The molecule has 5 nitrogen and oxygen atoms in total. The van der Waals surface area contributed by atoms with Crippen molar-refractivity contribution >= 4 is 12.0 Å². The largest absolute Gasteiger partial charge is 0.481 e. The second-order valence-corrected chi connectivity index (χ2v) is 4.48. The first-order valence-corrected chi connectivity index (χ1v) is 5.51. The van der Waals surface area contributed by atoms with Crippen molar-refractivity contribution in [3.63, 3.8) is 0 Å². The van der Waals surface area contributed by atoms with E-state index in [0.29, 0.717) is 6.54 Å². The van der Waals surface area contributed by atoms with Gasteiger partial charge in [-0.25, -0.2) is 4.79 Å². The van der Waals surface area contributed by atoms with Crippen molar-refractivity contribution < 1.29 is 14.7 Å². The molecule has 1 atom stereocenters. The molecule has 2 N–H and O–H groups in total. The predicted octanol–water partition coefficient (Wildman–Crippen LogP) is 1.15. The van der Waals surface area contributed by atoms with Crippen LogP contribution in [0.2, 0.25) is 0 Å². The monoisotopic (exact) mass is 240 g/mol. The van der Waals surface area contributed by atoms with E-state index in [1.165, 1.54) is 4.90 Å². The van der Waals surface area contributed by atoms with Crippen LogP contribution in [0.3, 0.4) is 0 Å². The van der Waals surface area contributed by atoms with Crippen LogP contribution in [0.25, 0.3) is 0 Å². The molecule has 0 fully saturated rings. The normalized spacial score (nSPS) is 12.4. The van der Waals surface area contributed by atoms with Crippen LogP contribution in [-0.4, -0.2) is 40.6 Å². The third-order valence-electron chi connectivity index (χ3n) is 2.37. The number of aliphatic carboxylic acids is 1. The molecule has 0 saturated heterocycles. The lowest BCUT2D eigenvalue weighted by molar-refractivity contribution is -0.141. The smallest absolute Gasteiger partial charge is 0.318 e. The second kappa shape index (κ2) is 6.14. The van der Waals surface area contributed by atoms with Gasteiger partial charge in [0.1, 0.15) is 0 Å². The summed E-state index contributed by atoms with van der Waals surface area (Å²) in [6.07, 6.45) is 5.27. The average molecular weight is 240 g/mol. The van der Waals surface area contributed by atoms with E-state index in [4.69, 9.17) is 11.5 Å². The molecular weight excluding hydrogens is 220 g/mol. The van der Waals surface area contributed by atoms with Gasteiger partial charge in [-0.15, -0.1) is 6.42 Å². The van der Waals surface area contributed by atoms with Crippen molar-refractivity contribution in [3.8, 4) is 12.3 Å². The Morgan fingerprint density at radius 2 is 2.06 bits per heavy atom. The quantitative estimate of drug-likeness (QED) is 0.708. The first-order chi connectivity index (χ1) is 7.73. The Labute approximate surface area is 102 Å². The van der Waals surface area contributed by atoms with Crippen molar-refractivity contribution in [3.05, 3.63) is 0 Å². The summed E-state index contributed by atoms with van der Waals surface area (Å²) < 4.78 is 0. The van der Waals surface area contributed by atoms with E-state index in [-0.39, 0.29) is 12.6 Å². The zero-order chi connectivity index (χ0) is 13.6. The van der Waals surface area contributed by atoms with E-state index < -0.39 is 17.4 Å². The molecule has 0 radical (unpaired) electrons. The fourth-order valence-electron chi connectivity index (χ4n) is 1.15. The van der Waals surface area contributed by atoms with Crippen LogP contribution in [0.5, 0.6) is 0 Å². The Morgan fingerprint density at radius 1 is 1.53 bits per heavy atom. The number of rotatable bonds is 5. The van der Waals surface area contributed by atoms with Crippen LogP contribution in [0.15, 0.2) is 0 Å². The molecule has 0 spiro atoms. The number of carbonyl (C=O) groups excluding carboxylic acids is 1. The molecule has 0 rings (SSSR count). The number of nitrogens with one attached hydrogen (secondary N) is 1. The molecule has 0 aliphatic carbocycles. The van der Waals surface area contributed by atoms with E-state index in [9.17, 15) is 9.59 Å². The number of urea groups is 1. The average Bonchev–Trinajstić information content (AvgIpc) is 2.24. The molecule has 0 saturated carbocycles. The number of amides is 2. The molecule has 0 aliphatic heterocycles. The minimum Gasteiger partial charge on any atom is -0.481 e. The lowest BCUT2D eigenvalue weighted by Crippen LogP contribution is -2.50. The Bertz CT molecular complexity index is 331. The molecule has 96 valence electrons. The fraction of sp³-hybridized carbons (Fsp3) is 0.667. The number of hydrogen-bond acceptors (Lipinski definition) is 2. The van der Waals surface area contributed by atoms with Gasteiger partial charge < -0.3 is 15.3 Å². The van der Waals surface area contributed by atoms with Gasteiger partial charge in [0.25, 0.3) is 0 Å². The first-order valence-electron chi connectivity index (χ1n) is 5.51. The summed E-state index contributed by atoms with van der Waals surface area (Å²) in [5, 5.41) is 11.5. The SMILES string of the molecule is C#CC(C)(C)NC(=O)N(CC)CC(C)C(=O)O. The molecule has 0 aromatic rings. The highest BCUT2D eigenvalue weighted by Crippen LogP contribution is 2.04. The highest BCUT2D eigenvalue weighted by atomic mass is 16.4. The Balaban J connectivity index is 4.53. The standard InChI is InChI=1S/C12H20N2O3/c1-6-12(4,5)13-11(17)14(7-2)8-9(3)10(15)16/h1,9H,7-8H2,2-5H3,(H,13,17)(H,15,16). The van der Waals surface area contributed by atoms with E-state index in [2.05, 4.69) is 11.2 Å². The fourth-order valence-corrected chi connectivity index (χ4v) is 1.15. The van der Waals surface area contributed by atoms with Gasteiger partial charge in [-0.2, -0.15) is 0 Å². The number of carboxylic acid groups (broad SMARTS) is 1. The molecule has 5 heteroatoms. The number of carboxylic acids is 1. The van der Waals surface area contributed by atoms with Gasteiger partial charge in [-0.3, -0.25) is 4.79 Å². The minimum absolute atomic E-state index is 0.165. The molecule has 0 aromatic heterocycles. The van der Waals surface area contributed by atoms with Crippen LogP contribution >= 0.6 is 0 Å². The molecule has 17 heavy (non-hydrogen) atoms. The third kappa shape index (κ3) is 5.25. The molecule has 0 heterocycles. The zero-order valence-corrected chi connectivity index (χ0v) is 10.8. The van der Waals surface area contributed by atoms with E-state index >= 15 is 0 Å². The van der Waals surface area contributed by atoms with Gasteiger partial charge in [-0.05, 0) is 20.8 Å². The van der Waals surface area contributed by atoms with E-state index in [1.54, 1.807) is 27.7 Å². The summed E-state index contributed by atoms with van der Waals surface area (Å²) in [6.45, 7) is 7.36. The second-order valence-electron chi connectivity index (χ2n) is 4.48. The Hall–Kier alpha value is -1.70. The first kappa shape index (κ1) is 15.3. The van der Waals surface area contributed by atoms with Gasteiger partial charge in [0.15, 0.2) is 0 Å². The maximum Gasteiger partial charge on any atom is 0.318 e. The third-order valence-corrected chi connectivity index (χ3v) is 2.37. The Morgan fingerprint density at radius 3 is 2.41 bits per heavy atom. The van der Waals surface area contributed by atoms with Crippen molar-refractivity contribution in [1.82, 2.24) is 10.2 Å². The predicted molar refractivity (Wildman–Crippen MR) is 65.5 cm³/mol. The van der Waals surface area contributed by atoms with Crippen molar-refractivity contribution in [2.75, 3.05) is 13.1 Å². The van der Waals surface area contributed by atoms with Gasteiger partial charge in [0, 0.05) is 13.1 Å². The van der Waals surface area contributed by atoms with Crippen LogP contribution in [-0.2, 0) is 4.79 Å². The van der Waals surface area contributed by atoms with Gasteiger partial charge in [-0.1, -0.05) is 12.8 Å². The topological polar surface area (TPSA) is 69.6 Å². The Kier molecular flexibility index (Phi) is 5.52. The zero-order valence-electron chi connectivity index (χ0n) is 10.8. The summed E-state index contributed by atoms with van der Waals surface area (Å²) in [4.78, 5) is 24.0. The molecule has 0 aromatic carbocycles. The minimum atomic E-state index is -0.924. The van der Waals surface area contributed by atoms with E-state index in [0.717, 1.165) is 0 Å². The van der Waals surface area contributed by atoms with Crippen molar-refractivity contribution in [1.29, 1.82) is 0 Å². The van der Waals surface area contributed by atoms with Crippen molar-refractivity contribution in [2.24, 2.45) is 5.92 Å². The summed E-state index contributed by atoms with van der Waals surface area (Å²) in [7, 11) is 0. The summed E-state index contributed by atoms with van der Waals surface area (Å²) in [5.74, 6) is 0.927. The van der Waals surface area contributed by atoms with Crippen LogP contribution < -0.4 is 5.32 Å². The maximum atomic E-state index is 11.8. The number of terminal acetylenes is 1. The molecule has 2 amide bonds. The van der Waals surface area contributed by atoms with E-state index in [1.807, 2.05) is 0 Å². The highest BCUT2D eigenvalue weighted by Gasteiger charge is 2.23. The van der Waals surface area contributed by atoms with Gasteiger partial charge in [0.2, 0.25) is 0 Å². The molecule has 1 unspecified atom stereocenters. The van der Waals surface area contributed by atoms with Crippen LogP contribution in [0.1, 0.15) is 27.7 Å². The van der Waals surface area contributed by atoms with Gasteiger partial charge in [0.05, 0.1) is 11.5 Å². The summed E-state index contributed by atoms with van der Waals surface area (Å²) >= 11 is 0. The van der Waals surface area contributed by atoms with Gasteiger partial charge >= 0.3 is 12.0 Å². The lowest BCUT2D eigenvalue weighted by atomic mass is 10.1. The number of carbonyl (C=O) groups is 2. The van der Waals surface area contributed by atoms with Crippen LogP contribution in [0, 0.1) is 18.3 Å². The molecular formula is C12H20N2O3. The lowest BCUT2D eigenvalue weighted by Gasteiger charge is -2.28. The number of nitrogens with zero attached hydrogens (tertiary/aromatic N) is 1. The maximum absolute atomic E-state index is 11.8. The summed E-state index contributed by atoms with van der Waals surface area (Å²) in [6, 6.07) is -0.344. The van der Waals surface area contributed by atoms with Crippen molar-refractivity contribution in [2.45, 2.75) is 33.2 Å². The number of hydrogen-bond donors (Lipinski definition) is 2. The molecule has 0 aliphatic rings. The van der Waals surface area contributed by atoms with Crippen LogP contribution in [0.4, 0.5) is 4.79 Å². The molecule has 0 bridgehead atoms. The highest BCUT2D eigenvalue weighted by molar-refractivity contribution is 5.77.